The van der Waals surface area contributed by atoms with Crippen molar-refractivity contribution in [3.63, 3.8) is 0 Å². The van der Waals surface area contributed by atoms with E-state index in [1.54, 1.807) is 0 Å². The summed E-state index contributed by atoms with van der Waals surface area (Å²) >= 11 is 0. The van der Waals surface area contributed by atoms with Crippen molar-refractivity contribution in [3.05, 3.63) is 101 Å². The van der Waals surface area contributed by atoms with Crippen LogP contribution in [0, 0.1) is 13.8 Å². The zero-order chi connectivity index (χ0) is 15.4. The Morgan fingerprint density at radius 1 is 0.591 bits per heavy atom. The van der Waals surface area contributed by atoms with Crippen molar-refractivity contribution in [1.82, 2.24) is 0 Å². The zero-order valence-electron chi connectivity index (χ0n) is 13.0. The summed E-state index contributed by atoms with van der Waals surface area (Å²) in [6, 6.07) is 27.0. The fourth-order valence-electron chi connectivity index (χ4n) is 2.58. The molecule has 0 saturated heterocycles. The van der Waals surface area contributed by atoms with E-state index in [2.05, 4.69) is 80.6 Å². The highest BCUT2D eigenvalue weighted by molar-refractivity contribution is 6.14. The van der Waals surface area contributed by atoms with Gasteiger partial charge in [-0.3, -0.25) is 0 Å². The SMILES string of the molecule is Cc1cccc(C)c1N=C(c1ccccc1)c1ccccc1. The van der Waals surface area contributed by atoms with Gasteiger partial charge in [0.15, 0.2) is 0 Å². The van der Waals surface area contributed by atoms with Gasteiger partial charge < -0.3 is 0 Å². The third-order valence-corrected chi connectivity index (χ3v) is 3.76. The first-order valence-corrected chi connectivity index (χ1v) is 7.51. The van der Waals surface area contributed by atoms with Gasteiger partial charge in [-0.1, -0.05) is 78.9 Å². The highest BCUT2D eigenvalue weighted by Gasteiger charge is 2.08. The molecule has 108 valence electrons. The molecule has 3 aromatic carbocycles. The van der Waals surface area contributed by atoms with Crippen molar-refractivity contribution >= 4 is 11.4 Å². The fraction of sp³-hybridized carbons (Fsp3) is 0.0952. The lowest BCUT2D eigenvalue weighted by Crippen LogP contribution is -2.03. The first-order valence-electron chi connectivity index (χ1n) is 7.51. The highest BCUT2D eigenvalue weighted by Crippen LogP contribution is 2.25. The lowest BCUT2D eigenvalue weighted by atomic mass is 10.0. The summed E-state index contributed by atoms with van der Waals surface area (Å²) in [6.45, 7) is 4.22. The second kappa shape index (κ2) is 6.40. The third kappa shape index (κ3) is 2.99. The van der Waals surface area contributed by atoms with Gasteiger partial charge in [-0.15, -0.1) is 0 Å². The minimum atomic E-state index is 1.01. The van der Waals surface area contributed by atoms with Crippen LogP contribution in [0.4, 0.5) is 5.69 Å². The predicted molar refractivity (Wildman–Crippen MR) is 94.1 cm³/mol. The van der Waals surface area contributed by atoms with Crippen molar-refractivity contribution in [3.8, 4) is 0 Å². The topological polar surface area (TPSA) is 12.4 Å². The van der Waals surface area contributed by atoms with E-state index in [1.807, 2.05) is 12.1 Å². The Bertz CT molecular complexity index is 725. The summed E-state index contributed by atoms with van der Waals surface area (Å²) in [4.78, 5) is 5.01. The van der Waals surface area contributed by atoms with Gasteiger partial charge >= 0.3 is 0 Å². The van der Waals surface area contributed by atoms with Gasteiger partial charge in [-0.05, 0) is 25.0 Å². The number of aryl methyl sites for hydroxylation is 2. The van der Waals surface area contributed by atoms with Crippen LogP contribution in [0.15, 0.2) is 83.9 Å². The molecule has 0 bridgehead atoms. The lowest BCUT2D eigenvalue weighted by molar-refractivity contribution is 1.32. The van der Waals surface area contributed by atoms with Crippen molar-refractivity contribution in [2.45, 2.75) is 13.8 Å². The van der Waals surface area contributed by atoms with E-state index in [1.165, 1.54) is 11.1 Å². The largest absolute Gasteiger partial charge is 0.247 e. The van der Waals surface area contributed by atoms with E-state index in [-0.39, 0.29) is 0 Å². The van der Waals surface area contributed by atoms with E-state index in [4.69, 9.17) is 4.99 Å². The number of rotatable bonds is 3. The van der Waals surface area contributed by atoms with E-state index in [0.717, 1.165) is 22.5 Å². The van der Waals surface area contributed by atoms with Crippen LogP contribution in [0.5, 0.6) is 0 Å². The van der Waals surface area contributed by atoms with Crippen molar-refractivity contribution in [1.29, 1.82) is 0 Å². The Hall–Kier alpha value is -2.67. The maximum atomic E-state index is 5.01. The predicted octanol–water partition coefficient (Wildman–Crippen LogP) is 5.47. The summed E-state index contributed by atoms with van der Waals surface area (Å²) in [6.07, 6.45) is 0. The molecule has 0 saturated carbocycles. The molecule has 0 radical (unpaired) electrons. The normalized spacial score (nSPS) is 10.3. The molecule has 0 atom stereocenters. The smallest absolute Gasteiger partial charge is 0.0781 e. The number of hydrogen-bond donors (Lipinski definition) is 0. The van der Waals surface area contributed by atoms with E-state index >= 15 is 0 Å². The third-order valence-electron chi connectivity index (χ3n) is 3.76. The summed E-state index contributed by atoms with van der Waals surface area (Å²) in [5, 5.41) is 0. The van der Waals surface area contributed by atoms with Gasteiger partial charge in [0.2, 0.25) is 0 Å². The van der Waals surface area contributed by atoms with Crippen molar-refractivity contribution in [2.75, 3.05) is 0 Å². The Morgan fingerprint density at radius 3 is 1.50 bits per heavy atom. The minimum Gasteiger partial charge on any atom is -0.247 e. The molecule has 0 amide bonds. The van der Waals surface area contributed by atoms with Crippen LogP contribution in [0.2, 0.25) is 0 Å². The van der Waals surface area contributed by atoms with Crippen LogP contribution in [-0.4, -0.2) is 5.71 Å². The first-order chi connectivity index (χ1) is 10.8. The van der Waals surface area contributed by atoms with Crippen LogP contribution in [0.3, 0.4) is 0 Å². The lowest BCUT2D eigenvalue weighted by Gasteiger charge is -2.10. The molecule has 1 nitrogen and oxygen atoms in total. The molecule has 0 fully saturated rings. The average molecular weight is 285 g/mol. The quantitative estimate of drug-likeness (QED) is 0.566. The maximum Gasteiger partial charge on any atom is 0.0781 e. The second-order valence-electron chi connectivity index (χ2n) is 5.43. The van der Waals surface area contributed by atoms with Crippen LogP contribution < -0.4 is 0 Å². The average Bonchev–Trinajstić information content (AvgIpc) is 2.56. The number of aliphatic imine (C=N–C) groups is 1. The van der Waals surface area contributed by atoms with Crippen molar-refractivity contribution in [2.24, 2.45) is 4.99 Å². The molecule has 0 aliphatic carbocycles. The monoisotopic (exact) mass is 285 g/mol. The standard InChI is InChI=1S/C21H19N/c1-16-10-9-11-17(2)20(16)22-21(18-12-5-3-6-13-18)19-14-7-4-8-15-19/h3-15H,1-2H3. The van der Waals surface area contributed by atoms with Crippen LogP contribution in [0.25, 0.3) is 0 Å². The molecular formula is C21H19N. The Morgan fingerprint density at radius 2 is 1.05 bits per heavy atom. The number of hydrogen-bond acceptors (Lipinski definition) is 1. The van der Waals surface area contributed by atoms with Crippen LogP contribution in [-0.2, 0) is 0 Å². The van der Waals surface area contributed by atoms with E-state index in [9.17, 15) is 0 Å². The minimum absolute atomic E-state index is 1.01. The van der Waals surface area contributed by atoms with E-state index in [0.29, 0.717) is 0 Å². The van der Waals surface area contributed by atoms with Crippen LogP contribution in [0.1, 0.15) is 22.3 Å². The van der Waals surface area contributed by atoms with Gasteiger partial charge in [0.1, 0.15) is 0 Å². The summed E-state index contributed by atoms with van der Waals surface area (Å²) < 4.78 is 0. The molecule has 3 aromatic rings. The fourth-order valence-corrected chi connectivity index (χ4v) is 2.58. The molecule has 0 aliphatic heterocycles. The highest BCUT2D eigenvalue weighted by atomic mass is 14.8. The maximum absolute atomic E-state index is 5.01. The number of nitrogens with zero attached hydrogens (tertiary/aromatic N) is 1. The molecule has 0 heterocycles. The summed E-state index contributed by atoms with van der Waals surface area (Å²) in [5.74, 6) is 0. The molecule has 0 spiro atoms. The van der Waals surface area contributed by atoms with E-state index < -0.39 is 0 Å². The summed E-state index contributed by atoms with van der Waals surface area (Å²) in [5.41, 5.74) is 6.74. The van der Waals surface area contributed by atoms with Gasteiger partial charge in [0.05, 0.1) is 11.4 Å². The first kappa shape index (κ1) is 14.3. The molecule has 0 unspecified atom stereocenters. The van der Waals surface area contributed by atoms with Gasteiger partial charge in [-0.25, -0.2) is 4.99 Å². The molecule has 0 aliphatic rings. The van der Waals surface area contributed by atoms with Gasteiger partial charge in [-0.2, -0.15) is 0 Å². The molecule has 1 heteroatoms. The molecular weight excluding hydrogens is 266 g/mol. The van der Waals surface area contributed by atoms with Crippen LogP contribution >= 0.6 is 0 Å². The molecule has 0 aromatic heterocycles. The Kier molecular flexibility index (Phi) is 4.15. The van der Waals surface area contributed by atoms with Gasteiger partial charge in [0, 0.05) is 11.1 Å². The number of benzene rings is 3. The Balaban J connectivity index is 2.20. The second-order valence-corrected chi connectivity index (χ2v) is 5.43. The molecule has 0 N–H and O–H groups in total. The summed E-state index contributed by atoms with van der Waals surface area (Å²) in [7, 11) is 0. The Labute approximate surface area is 132 Å². The zero-order valence-corrected chi connectivity index (χ0v) is 13.0. The molecule has 3 rings (SSSR count). The number of para-hydroxylation sites is 1. The molecule has 22 heavy (non-hydrogen) atoms. The van der Waals surface area contributed by atoms with Crippen molar-refractivity contribution < 1.29 is 0 Å². The van der Waals surface area contributed by atoms with Gasteiger partial charge in [0.25, 0.3) is 0 Å².